The molecule has 1 amide bonds. The van der Waals surface area contributed by atoms with Crippen LogP contribution in [0.4, 0.5) is 5.69 Å². The van der Waals surface area contributed by atoms with E-state index >= 15 is 0 Å². The van der Waals surface area contributed by atoms with E-state index in [0.717, 1.165) is 30.5 Å². The van der Waals surface area contributed by atoms with Gasteiger partial charge in [0, 0.05) is 0 Å². The number of hydrogen-bond donors (Lipinski definition) is 2. The van der Waals surface area contributed by atoms with Gasteiger partial charge in [0.2, 0.25) is 0 Å². The standard InChI is InChI=1S/C17H21N3O3/c1-11-6-7-14(22-2)13(8-11)19-16(21)10-23-15-5-3-4-12-9-18-20-17(12)15/h6-9,15H,3-5,10H2,1-2H3,(H,18,20)(H,19,21). The number of methoxy groups -OCH3 is 1. The lowest BCUT2D eigenvalue weighted by molar-refractivity contribution is -0.123. The molecule has 0 bridgehead atoms. The molecule has 6 nitrogen and oxygen atoms in total. The van der Waals surface area contributed by atoms with Crippen molar-refractivity contribution in [2.45, 2.75) is 32.3 Å². The van der Waals surface area contributed by atoms with Crippen molar-refractivity contribution in [2.75, 3.05) is 19.0 Å². The molecule has 1 aromatic heterocycles. The predicted octanol–water partition coefficient (Wildman–Crippen LogP) is 2.76. The molecule has 1 unspecified atom stereocenters. The molecule has 122 valence electrons. The van der Waals surface area contributed by atoms with Crippen LogP contribution in [0.1, 0.15) is 35.8 Å². The number of carbonyl (C=O) groups is 1. The third-order valence-corrected chi connectivity index (χ3v) is 4.03. The van der Waals surface area contributed by atoms with Gasteiger partial charge in [-0.05, 0) is 49.4 Å². The Balaban J connectivity index is 1.60. The van der Waals surface area contributed by atoms with Crippen molar-refractivity contribution in [1.29, 1.82) is 0 Å². The Morgan fingerprint density at radius 2 is 2.35 bits per heavy atom. The van der Waals surface area contributed by atoms with E-state index in [1.165, 1.54) is 5.56 Å². The molecule has 23 heavy (non-hydrogen) atoms. The maximum atomic E-state index is 12.2. The number of benzene rings is 1. The second-order valence-electron chi connectivity index (χ2n) is 5.75. The summed E-state index contributed by atoms with van der Waals surface area (Å²) in [6.45, 7) is 1.97. The Morgan fingerprint density at radius 1 is 1.48 bits per heavy atom. The Morgan fingerprint density at radius 3 is 3.17 bits per heavy atom. The highest BCUT2D eigenvalue weighted by Gasteiger charge is 2.23. The fraction of sp³-hybridized carbons (Fsp3) is 0.412. The van der Waals surface area contributed by atoms with Crippen molar-refractivity contribution >= 4 is 11.6 Å². The van der Waals surface area contributed by atoms with Gasteiger partial charge in [-0.3, -0.25) is 9.89 Å². The molecule has 1 aliphatic rings. The second kappa shape index (κ2) is 6.83. The zero-order valence-corrected chi connectivity index (χ0v) is 13.4. The molecule has 0 aliphatic heterocycles. The summed E-state index contributed by atoms with van der Waals surface area (Å²) in [5.74, 6) is 0.443. The van der Waals surface area contributed by atoms with Crippen molar-refractivity contribution in [1.82, 2.24) is 10.2 Å². The van der Waals surface area contributed by atoms with Crippen molar-refractivity contribution < 1.29 is 14.3 Å². The summed E-state index contributed by atoms with van der Waals surface area (Å²) in [6, 6.07) is 5.65. The van der Waals surface area contributed by atoms with Crippen LogP contribution in [0.15, 0.2) is 24.4 Å². The third kappa shape index (κ3) is 3.53. The SMILES string of the molecule is COc1ccc(C)cc1NC(=O)COC1CCCc2cn[nH]c21. The van der Waals surface area contributed by atoms with Gasteiger partial charge >= 0.3 is 0 Å². The highest BCUT2D eigenvalue weighted by molar-refractivity contribution is 5.93. The molecule has 0 spiro atoms. The van der Waals surface area contributed by atoms with Gasteiger partial charge < -0.3 is 14.8 Å². The molecule has 3 rings (SSSR count). The molecule has 1 aromatic carbocycles. The summed E-state index contributed by atoms with van der Waals surface area (Å²) >= 11 is 0. The van der Waals surface area contributed by atoms with Crippen LogP contribution >= 0.6 is 0 Å². The number of aryl methyl sites for hydroxylation is 2. The summed E-state index contributed by atoms with van der Waals surface area (Å²) in [5, 5.41) is 9.88. The number of hydrogen-bond acceptors (Lipinski definition) is 4. The van der Waals surface area contributed by atoms with Gasteiger partial charge in [0.15, 0.2) is 0 Å². The lowest BCUT2D eigenvalue weighted by Crippen LogP contribution is -2.22. The van der Waals surface area contributed by atoms with E-state index in [-0.39, 0.29) is 18.6 Å². The Kier molecular flexibility index (Phi) is 4.62. The molecule has 1 aliphatic carbocycles. The average Bonchev–Trinajstić information content (AvgIpc) is 3.02. The van der Waals surface area contributed by atoms with Gasteiger partial charge in [-0.25, -0.2) is 0 Å². The van der Waals surface area contributed by atoms with Crippen molar-refractivity contribution in [3.05, 3.63) is 41.2 Å². The minimum absolute atomic E-state index is 0.000221. The fourth-order valence-electron chi connectivity index (χ4n) is 2.87. The zero-order chi connectivity index (χ0) is 16.2. The van der Waals surface area contributed by atoms with E-state index in [4.69, 9.17) is 9.47 Å². The molecule has 0 saturated heterocycles. The van der Waals surface area contributed by atoms with Crippen LogP contribution in [-0.4, -0.2) is 29.8 Å². The number of amides is 1. The van der Waals surface area contributed by atoms with E-state index in [1.54, 1.807) is 7.11 Å². The first-order valence-electron chi connectivity index (χ1n) is 7.75. The molecule has 2 N–H and O–H groups in total. The van der Waals surface area contributed by atoms with Crippen LogP contribution in [-0.2, 0) is 16.0 Å². The van der Waals surface area contributed by atoms with E-state index in [0.29, 0.717) is 11.4 Å². The van der Waals surface area contributed by atoms with Crippen LogP contribution < -0.4 is 10.1 Å². The van der Waals surface area contributed by atoms with Gasteiger partial charge in [0.25, 0.3) is 5.91 Å². The van der Waals surface area contributed by atoms with E-state index < -0.39 is 0 Å². The number of anilines is 1. The van der Waals surface area contributed by atoms with Crippen LogP contribution in [0.3, 0.4) is 0 Å². The number of H-pyrrole nitrogens is 1. The molecule has 1 heterocycles. The first-order valence-corrected chi connectivity index (χ1v) is 7.75. The van der Waals surface area contributed by atoms with Gasteiger partial charge in [-0.2, -0.15) is 5.10 Å². The Bertz CT molecular complexity index is 696. The summed E-state index contributed by atoms with van der Waals surface area (Å²) in [4.78, 5) is 12.2. The normalized spacial score (nSPS) is 16.7. The van der Waals surface area contributed by atoms with E-state index in [2.05, 4.69) is 15.5 Å². The van der Waals surface area contributed by atoms with Gasteiger partial charge in [0.1, 0.15) is 12.4 Å². The maximum Gasteiger partial charge on any atom is 0.250 e. The van der Waals surface area contributed by atoms with Crippen LogP contribution in [0, 0.1) is 6.92 Å². The quantitative estimate of drug-likeness (QED) is 0.889. The average molecular weight is 315 g/mol. The van der Waals surface area contributed by atoms with Gasteiger partial charge in [0.05, 0.1) is 30.8 Å². The highest BCUT2D eigenvalue weighted by atomic mass is 16.5. The number of ether oxygens (including phenoxy) is 2. The van der Waals surface area contributed by atoms with Crippen molar-refractivity contribution in [3.8, 4) is 5.75 Å². The number of carbonyl (C=O) groups excluding carboxylic acids is 1. The number of nitrogens with one attached hydrogen (secondary N) is 2. The molecule has 0 fully saturated rings. The Hall–Kier alpha value is -2.34. The first-order chi connectivity index (χ1) is 11.2. The topological polar surface area (TPSA) is 76.2 Å². The molecule has 1 atom stereocenters. The third-order valence-electron chi connectivity index (χ3n) is 4.03. The fourth-order valence-corrected chi connectivity index (χ4v) is 2.87. The summed E-state index contributed by atoms with van der Waals surface area (Å²) in [5.41, 5.74) is 3.89. The molecular weight excluding hydrogens is 294 g/mol. The lowest BCUT2D eigenvalue weighted by Gasteiger charge is -2.22. The maximum absolute atomic E-state index is 12.2. The number of aromatic amines is 1. The largest absolute Gasteiger partial charge is 0.495 e. The number of rotatable bonds is 5. The second-order valence-corrected chi connectivity index (χ2v) is 5.75. The monoisotopic (exact) mass is 315 g/mol. The zero-order valence-electron chi connectivity index (χ0n) is 13.4. The molecule has 6 heteroatoms. The smallest absolute Gasteiger partial charge is 0.250 e. The summed E-state index contributed by atoms with van der Waals surface area (Å²) in [6.07, 6.45) is 4.70. The van der Waals surface area contributed by atoms with Crippen LogP contribution in [0.2, 0.25) is 0 Å². The lowest BCUT2D eigenvalue weighted by atomic mass is 9.96. The van der Waals surface area contributed by atoms with Crippen molar-refractivity contribution in [2.24, 2.45) is 0 Å². The number of nitrogens with zero attached hydrogens (tertiary/aromatic N) is 1. The van der Waals surface area contributed by atoms with E-state index in [1.807, 2.05) is 31.3 Å². The van der Waals surface area contributed by atoms with Gasteiger partial charge in [-0.1, -0.05) is 6.07 Å². The highest BCUT2D eigenvalue weighted by Crippen LogP contribution is 2.30. The first kappa shape index (κ1) is 15.6. The predicted molar refractivity (Wildman–Crippen MR) is 86.6 cm³/mol. The van der Waals surface area contributed by atoms with E-state index in [9.17, 15) is 4.79 Å². The summed E-state index contributed by atoms with van der Waals surface area (Å²) < 4.78 is 11.0. The van der Waals surface area contributed by atoms with Crippen LogP contribution in [0.5, 0.6) is 5.75 Å². The van der Waals surface area contributed by atoms with Crippen molar-refractivity contribution in [3.63, 3.8) is 0 Å². The molecular formula is C17H21N3O3. The molecule has 2 aromatic rings. The number of aromatic nitrogens is 2. The van der Waals surface area contributed by atoms with Crippen LogP contribution in [0.25, 0.3) is 0 Å². The Labute approximate surface area is 135 Å². The minimum Gasteiger partial charge on any atom is -0.495 e. The van der Waals surface area contributed by atoms with Gasteiger partial charge in [-0.15, -0.1) is 0 Å². The molecule has 0 radical (unpaired) electrons. The summed E-state index contributed by atoms with van der Waals surface area (Å²) in [7, 11) is 1.58. The number of fused-ring (bicyclic) bond motifs is 1. The minimum atomic E-state index is -0.194. The molecule has 0 saturated carbocycles.